The summed E-state index contributed by atoms with van der Waals surface area (Å²) < 4.78 is 14.9. The summed E-state index contributed by atoms with van der Waals surface area (Å²) in [6, 6.07) is 8.70. The van der Waals surface area contributed by atoms with Gasteiger partial charge in [-0.1, -0.05) is 12.1 Å². The number of hydrogen-bond acceptors (Lipinski definition) is 7. The van der Waals surface area contributed by atoms with Crippen LogP contribution in [0.3, 0.4) is 0 Å². The molecule has 0 aliphatic rings. The maximum atomic E-state index is 11.9. The third kappa shape index (κ3) is 3.30. The second-order valence-electron chi connectivity index (χ2n) is 5.40. The van der Waals surface area contributed by atoms with E-state index < -0.39 is 23.1 Å². The van der Waals surface area contributed by atoms with Crippen molar-refractivity contribution in [3.8, 4) is 11.5 Å². The van der Waals surface area contributed by atoms with Crippen molar-refractivity contribution in [1.82, 2.24) is 10.3 Å². The lowest BCUT2D eigenvalue weighted by atomic mass is 9.94. The number of ether oxygens (including phenoxy) is 2. The van der Waals surface area contributed by atoms with Crippen molar-refractivity contribution in [2.24, 2.45) is 0 Å². The molecule has 0 saturated heterocycles. The normalized spacial score (nSPS) is 11.8. The third-order valence-electron chi connectivity index (χ3n) is 3.89. The predicted octanol–water partition coefficient (Wildman–Crippen LogP) is 2.32. The van der Waals surface area contributed by atoms with Crippen LogP contribution in [0.15, 0.2) is 41.0 Å². The van der Waals surface area contributed by atoms with Crippen LogP contribution < -0.4 is 9.47 Å². The lowest BCUT2D eigenvalue weighted by Crippen LogP contribution is -2.10. The summed E-state index contributed by atoms with van der Waals surface area (Å²) in [5.41, 5.74) is 0.225. The van der Waals surface area contributed by atoms with Crippen LogP contribution in [-0.2, 0) is 9.59 Å². The van der Waals surface area contributed by atoms with Gasteiger partial charge in [-0.25, -0.2) is 14.2 Å². The molecule has 0 bridgehead atoms. The molecule has 0 aliphatic carbocycles. The molecule has 0 unspecified atom stereocenters. The van der Waals surface area contributed by atoms with Gasteiger partial charge >= 0.3 is 11.9 Å². The molecule has 2 aromatic carbocycles. The van der Waals surface area contributed by atoms with Gasteiger partial charge in [0, 0.05) is 0 Å². The van der Waals surface area contributed by atoms with Crippen LogP contribution in [0.5, 0.6) is 11.5 Å². The first-order chi connectivity index (χ1) is 13.0. The fourth-order valence-corrected chi connectivity index (χ4v) is 2.68. The van der Waals surface area contributed by atoms with Crippen LogP contribution in [0.2, 0.25) is 0 Å². The number of carbonyl (C=O) groups is 2. The van der Waals surface area contributed by atoms with Crippen molar-refractivity contribution in [1.29, 1.82) is 0 Å². The first-order valence-electron chi connectivity index (χ1n) is 7.62. The Kier molecular flexibility index (Phi) is 4.75. The zero-order valence-electron chi connectivity index (χ0n) is 14.3. The van der Waals surface area contributed by atoms with Crippen LogP contribution in [-0.4, -0.2) is 46.7 Å². The van der Waals surface area contributed by atoms with Crippen molar-refractivity contribution < 1.29 is 33.9 Å². The molecule has 3 rings (SSSR count). The summed E-state index contributed by atoms with van der Waals surface area (Å²) in [6.45, 7) is 0. The average Bonchev–Trinajstić information content (AvgIpc) is 3.12. The van der Waals surface area contributed by atoms with Gasteiger partial charge in [-0.15, -0.1) is 0 Å². The largest absolute Gasteiger partial charge is 0.493 e. The Hall–Kier alpha value is -3.88. The molecule has 2 N–H and O–H groups in total. The Bertz CT molecular complexity index is 1070. The van der Waals surface area contributed by atoms with Gasteiger partial charge in [0.25, 0.3) is 0 Å². The number of benzene rings is 2. The minimum absolute atomic E-state index is 0.149. The Morgan fingerprint density at radius 3 is 1.96 bits per heavy atom. The summed E-state index contributed by atoms with van der Waals surface area (Å²) in [6.07, 6.45) is 0. The number of fused-ring (bicyclic) bond motifs is 1. The van der Waals surface area contributed by atoms with Crippen molar-refractivity contribution in [2.75, 3.05) is 14.2 Å². The average molecular weight is 370 g/mol. The second kappa shape index (κ2) is 7.16. The Labute approximate surface area is 152 Å². The Morgan fingerprint density at radius 1 is 0.815 bits per heavy atom. The summed E-state index contributed by atoms with van der Waals surface area (Å²) in [5.74, 6) is -2.15. The van der Waals surface area contributed by atoms with Crippen LogP contribution in [0, 0.1) is 0 Å². The van der Waals surface area contributed by atoms with Crippen LogP contribution in [0.4, 0.5) is 0 Å². The van der Waals surface area contributed by atoms with Crippen molar-refractivity contribution in [2.45, 2.75) is 0 Å². The highest BCUT2D eigenvalue weighted by Gasteiger charge is 2.25. The highest BCUT2D eigenvalue weighted by molar-refractivity contribution is 6.36. The van der Waals surface area contributed by atoms with Gasteiger partial charge in [0.1, 0.15) is 11.0 Å². The van der Waals surface area contributed by atoms with E-state index in [0.717, 1.165) is 0 Å². The maximum Gasteiger partial charge on any atom is 0.337 e. The van der Waals surface area contributed by atoms with E-state index in [2.05, 4.69) is 14.9 Å². The molecule has 9 nitrogen and oxygen atoms in total. The molecule has 27 heavy (non-hydrogen) atoms. The molecular formula is C18H14N2O7. The smallest absolute Gasteiger partial charge is 0.337 e. The quantitative estimate of drug-likeness (QED) is 0.495. The number of hydrogen-bond donors (Lipinski definition) is 2. The van der Waals surface area contributed by atoms with Gasteiger partial charge in [0.05, 0.1) is 25.4 Å². The number of aliphatic carboxylic acids is 2. The molecule has 9 heteroatoms. The van der Waals surface area contributed by atoms with Crippen molar-refractivity contribution in [3.05, 3.63) is 47.5 Å². The van der Waals surface area contributed by atoms with E-state index in [0.29, 0.717) is 16.8 Å². The molecule has 3 aromatic rings. The summed E-state index contributed by atoms with van der Waals surface area (Å²) in [7, 11) is 2.84. The van der Waals surface area contributed by atoms with E-state index in [9.17, 15) is 19.8 Å². The molecule has 0 radical (unpaired) electrons. The summed E-state index contributed by atoms with van der Waals surface area (Å²) in [4.78, 5) is 23.9. The lowest BCUT2D eigenvalue weighted by molar-refractivity contribution is -0.132. The van der Waals surface area contributed by atoms with E-state index in [1.54, 1.807) is 0 Å². The molecule has 0 fully saturated rings. The molecule has 0 saturated carbocycles. The van der Waals surface area contributed by atoms with Crippen LogP contribution >= 0.6 is 0 Å². The van der Waals surface area contributed by atoms with Gasteiger partial charge in [-0.3, -0.25) is 0 Å². The monoisotopic (exact) mass is 370 g/mol. The van der Waals surface area contributed by atoms with E-state index in [4.69, 9.17) is 9.47 Å². The maximum absolute atomic E-state index is 11.9. The summed E-state index contributed by atoms with van der Waals surface area (Å²) in [5, 5.41) is 26.8. The minimum atomic E-state index is -1.40. The fourth-order valence-electron chi connectivity index (χ4n) is 2.68. The zero-order chi connectivity index (χ0) is 19.6. The molecule has 0 amide bonds. The molecule has 0 aliphatic heterocycles. The first kappa shape index (κ1) is 17.9. The van der Waals surface area contributed by atoms with E-state index >= 15 is 0 Å². The van der Waals surface area contributed by atoms with Gasteiger partial charge in [-0.2, -0.15) is 0 Å². The Morgan fingerprint density at radius 2 is 1.37 bits per heavy atom. The topological polar surface area (TPSA) is 132 Å². The Balaban J connectivity index is 2.28. The number of methoxy groups -OCH3 is 2. The van der Waals surface area contributed by atoms with E-state index in [1.165, 1.54) is 50.6 Å². The predicted molar refractivity (Wildman–Crippen MR) is 93.4 cm³/mol. The van der Waals surface area contributed by atoms with Gasteiger partial charge in [0.15, 0.2) is 11.5 Å². The zero-order valence-corrected chi connectivity index (χ0v) is 14.3. The first-order valence-corrected chi connectivity index (χ1v) is 7.62. The SMILES string of the molecule is COc1ccc(/C(C(=O)O)=C(/C(=O)O)c2ccc3nonc3c2)cc1OC. The number of carboxylic acids is 2. The number of carboxylic acid groups (broad SMARTS) is 2. The molecular weight excluding hydrogens is 356 g/mol. The highest BCUT2D eigenvalue weighted by atomic mass is 16.6. The minimum Gasteiger partial charge on any atom is -0.493 e. The highest BCUT2D eigenvalue weighted by Crippen LogP contribution is 2.34. The standard InChI is InChI=1S/C18H14N2O7/c1-25-13-6-4-10(8-14(13)26-2)16(18(23)24)15(17(21)22)9-3-5-11-12(7-9)20-27-19-11/h3-8H,1-2H3,(H,21,22)(H,23,24)/b16-15-. The lowest BCUT2D eigenvalue weighted by Gasteiger charge is -2.13. The number of rotatable bonds is 6. The third-order valence-corrected chi connectivity index (χ3v) is 3.89. The number of aromatic nitrogens is 2. The molecule has 1 aromatic heterocycles. The van der Waals surface area contributed by atoms with Gasteiger partial charge in [0.2, 0.25) is 0 Å². The van der Waals surface area contributed by atoms with Crippen molar-refractivity contribution in [3.63, 3.8) is 0 Å². The van der Waals surface area contributed by atoms with E-state index in [1.807, 2.05) is 0 Å². The van der Waals surface area contributed by atoms with Crippen LogP contribution in [0.1, 0.15) is 11.1 Å². The molecule has 138 valence electrons. The summed E-state index contributed by atoms with van der Waals surface area (Å²) >= 11 is 0. The molecule has 1 heterocycles. The second-order valence-corrected chi connectivity index (χ2v) is 5.40. The van der Waals surface area contributed by atoms with Crippen molar-refractivity contribution >= 4 is 34.1 Å². The van der Waals surface area contributed by atoms with Crippen LogP contribution in [0.25, 0.3) is 22.2 Å². The number of nitrogens with zero attached hydrogens (tertiary/aromatic N) is 2. The van der Waals surface area contributed by atoms with Gasteiger partial charge in [-0.05, 0) is 45.7 Å². The molecule has 0 atom stereocenters. The molecule has 0 spiro atoms. The van der Waals surface area contributed by atoms with Gasteiger partial charge < -0.3 is 19.7 Å². The fraction of sp³-hybridized carbons (Fsp3) is 0.111. The van der Waals surface area contributed by atoms with E-state index in [-0.39, 0.29) is 16.9 Å².